The molecule has 1 aromatic rings. The van der Waals surface area contributed by atoms with Gasteiger partial charge in [-0.25, -0.2) is 0 Å². The van der Waals surface area contributed by atoms with Crippen molar-refractivity contribution >= 4 is 27.3 Å². The van der Waals surface area contributed by atoms with Crippen molar-refractivity contribution in [3.8, 4) is 0 Å². The zero-order valence-corrected chi connectivity index (χ0v) is 9.97. The first-order valence-electron chi connectivity index (χ1n) is 4.39. The Bertz CT molecular complexity index is 324. The van der Waals surface area contributed by atoms with Gasteiger partial charge in [0.15, 0.2) is 0 Å². The third-order valence-corrected chi connectivity index (χ3v) is 4.55. The fourth-order valence-electron chi connectivity index (χ4n) is 1.62. The standard InChI is InChI=1S/C9H12BrNO2S/c10-6-1-8(14-3-6)9(4-13-5-9)7(12)2-11/h1,3,7,12H,2,4-5,11H2. The molecule has 1 unspecified atom stereocenters. The predicted octanol–water partition coefficient (Wildman–Crippen LogP) is 1.10. The predicted molar refractivity (Wildman–Crippen MR) is 59.6 cm³/mol. The number of halogens is 1. The topological polar surface area (TPSA) is 55.5 Å². The van der Waals surface area contributed by atoms with Gasteiger partial charge in [0.1, 0.15) is 0 Å². The van der Waals surface area contributed by atoms with Crippen LogP contribution in [0.25, 0.3) is 0 Å². The van der Waals surface area contributed by atoms with Crippen molar-refractivity contribution in [3.63, 3.8) is 0 Å². The van der Waals surface area contributed by atoms with Crippen molar-refractivity contribution in [3.05, 3.63) is 20.8 Å². The van der Waals surface area contributed by atoms with Crippen molar-refractivity contribution in [2.24, 2.45) is 5.73 Å². The maximum absolute atomic E-state index is 9.88. The van der Waals surface area contributed by atoms with E-state index in [9.17, 15) is 5.11 Å². The van der Waals surface area contributed by atoms with E-state index >= 15 is 0 Å². The molecular formula is C9H12BrNO2S. The van der Waals surface area contributed by atoms with Gasteiger partial charge in [0.25, 0.3) is 0 Å². The lowest BCUT2D eigenvalue weighted by molar-refractivity contribution is -0.114. The molecular weight excluding hydrogens is 266 g/mol. The molecule has 0 bridgehead atoms. The smallest absolute Gasteiger partial charge is 0.0811 e. The highest BCUT2D eigenvalue weighted by molar-refractivity contribution is 9.10. The molecule has 2 heterocycles. The Morgan fingerprint density at radius 3 is 2.79 bits per heavy atom. The van der Waals surface area contributed by atoms with Gasteiger partial charge in [-0.3, -0.25) is 0 Å². The van der Waals surface area contributed by atoms with Crippen LogP contribution in [-0.2, 0) is 10.2 Å². The van der Waals surface area contributed by atoms with E-state index in [1.54, 1.807) is 11.3 Å². The van der Waals surface area contributed by atoms with Crippen LogP contribution in [0.5, 0.6) is 0 Å². The molecule has 1 saturated heterocycles. The molecule has 0 radical (unpaired) electrons. The molecule has 3 N–H and O–H groups in total. The monoisotopic (exact) mass is 277 g/mol. The summed E-state index contributed by atoms with van der Waals surface area (Å²) in [6.45, 7) is 1.41. The maximum atomic E-state index is 9.88. The zero-order valence-electron chi connectivity index (χ0n) is 7.57. The summed E-state index contributed by atoms with van der Waals surface area (Å²) < 4.78 is 6.25. The summed E-state index contributed by atoms with van der Waals surface area (Å²) in [6, 6.07) is 2.03. The number of aliphatic hydroxyl groups excluding tert-OH is 1. The van der Waals surface area contributed by atoms with Crippen molar-refractivity contribution in [1.29, 1.82) is 0 Å². The molecule has 3 nitrogen and oxygen atoms in total. The molecule has 0 aliphatic carbocycles. The van der Waals surface area contributed by atoms with E-state index in [0.29, 0.717) is 13.2 Å². The highest BCUT2D eigenvalue weighted by Gasteiger charge is 2.47. The number of nitrogens with two attached hydrogens (primary N) is 1. The molecule has 1 aliphatic rings. The number of hydrogen-bond donors (Lipinski definition) is 2. The van der Waals surface area contributed by atoms with Gasteiger partial charge in [-0.2, -0.15) is 0 Å². The molecule has 0 aromatic carbocycles. The van der Waals surface area contributed by atoms with Crippen LogP contribution < -0.4 is 5.73 Å². The van der Waals surface area contributed by atoms with Gasteiger partial charge in [0.2, 0.25) is 0 Å². The molecule has 1 aliphatic heterocycles. The first-order chi connectivity index (χ1) is 6.69. The van der Waals surface area contributed by atoms with Gasteiger partial charge in [0, 0.05) is 21.3 Å². The average molecular weight is 278 g/mol. The second kappa shape index (κ2) is 3.90. The Hall–Kier alpha value is 0.0600. The number of ether oxygens (including phenoxy) is 1. The van der Waals surface area contributed by atoms with Crippen LogP contribution in [0.2, 0.25) is 0 Å². The molecule has 5 heteroatoms. The molecule has 1 atom stereocenters. The van der Waals surface area contributed by atoms with Crippen LogP contribution in [0.1, 0.15) is 4.88 Å². The lowest BCUT2D eigenvalue weighted by Gasteiger charge is -2.43. The van der Waals surface area contributed by atoms with Crippen molar-refractivity contribution < 1.29 is 9.84 Å². The molecule has 14 heavy (non-hydrogen) atoms. The lowest BCUT2D eigenvalue weighted by Crippen LogP contribution is -2.57. The van der Waals surface area contributed by atoms with E-state index in [-0.39, 0.29) is 12.0 Å². The van der Waals surface area contributed by atoms with Crippen LogP contribution >= 0.6 is 27.3 Å². The SMILES string of the molecule is NCC(O)C1(c2cc(Br)cs2)COC1. The zero-order chi connectivity index (χ0) is 10.2. The summed E-state index contributed by atoms with van der Waals surface area (Å²) in [5.41, 5.74) is 5.24. The van der Waals surface area contributed by atoms with Crippen LogP contribution in [0.3, 0.4) is 0 Å². The van der Waals surface area contributed by atoms with Crippen LogP contribution in [0, 0.1) is 0 Å². The van der Waals surface area contributed by atoms with E-state index in [1.807, 2.05) is 11.4 Å². The summed E-state index contributed by atoms with van der Waals surface area (Å²) >= 11 is 5.04. The fraction of sp³-hybridized carbons (Fsp3) is 0.556. The maximum Gasteiger partial charge on any atom is 0.0811 e. The highest BCUT2D eigenvalue weighted by atomic mass is 79.9. The average Bonchev–Trinajstić information content (AvgIpc) is 2.50. The Morgan fingerprint density at radius 2 is 2.43 bits per heavy atom. The molecule has 0 saturated carbocycles. The second-order valence-electron chi connectivity index (χ2n) is 3.53. The summed E-state index contributed by atoms with van der Waals surface area (Å²) in [5, 5.41) is 11.9. The molecule has 0 spiro atoms. The van der Waals surface area contributed by atoms with Crippen LogP contribution in [0.4, 0.5) is 0 Å². The normalized spacial score (nSPS) is 21.6. The lowest BCUT2D eigenvalue weighted by atomic mass is 9.78. The minimum Gasteiger partial charge on any atom is -0.391 e. The van der Waals surface area contributed by atoms with E-state index in [4.69, 9.17) is 10.5 Å². The van der Waals surface area contributed by atoms with Gasteiger partial charge < -0.3 is 15.6 Å². The van der Waals surface area contributed by atoms with Crippen molar-refractivity contribution in [2.45, 2.75) is 11.5 Å². The second-order valence-corrected chi connectivity index (χ2v) is 5.36. The first-order valence-corrected chi connectivity index (χ1v) is 6.07. The molecule has 1 aromatic heterocycles. The van der Waals surface area contributed by atoms with E-state index in [0.717, 1.165) is 9.35 Å². The van der Waals surface area contributed by atoms with Gasteiger partial charge in [0.05, 0.1) is 24.7 Å². The summed E-state index contributed by atoms with van der Waals surface area (Å²) in [6.07, 6.45) is -0.512. The van der Waals surface area contributed by atoms with Crippen molar-refractivity contribution in [2.75, 3.05) is 19.8 Å². The van der Waals surface area contributed by atoms with E-state index < -0.39 is 6.10 Å². The molecule has 2 rings (SSSR count). The van der Waals surface area contributed by atoms with Crippen LogP contribution in [0.15, 0.2) is 15.9 Å². The molecule has 78 valence electrons. The third-order valence-electron chi connectivity index (χ3n) is 2.64. The summed E-state index contributed by atoms with van der Waals surface area (Å²) in [5.74, 6) is 0. The van der Waals surface area contributed by atoms with E-state index in [2.05, 4.69) is 15.9 Å². The Balaban J connectivity index is 2.28. The number of aliphatic hydroxyl groups is 1. The first kappa shape index (κ1) is 10.6. The number of rotatable bonds is 3. The fourth-order valence-corrected chi connectivity index (χ4v) is 3.27. The summed E-state index contributed by atoms with van der Waals surface area (Å²) in [4.78, 5) is 1.15. The Kier molecular flexibility index (Phi) is 2.95. The van der Waals surface area contributed by atoms with Gasteiger partial charge >= 0.3 is 0 Å². The van der Waals surface area contributed by atoms with Gasteiger partial charge in [-0.05, 0) is 22.0 Å². The minimum absolute atomic E-state index is 0.258. The van der Waals surface area contributed by atoms with Gasteiger partial charge in [-0.1, -0.05) is 0 Å². The Morgan fingerprint density at radius 1 is 1.71 bits per heavy atom. The molecule has 0 amide bonds. The Labute approximate surface area is 95.0 Å². The number of hydrogen-bond acceptors (Lipinski definition) is 4. The quantitative estimate of drug-likeness (QED) is 0.870. The number of thiophene rings is 1. The third kappa shape index (κ3) is 1.53. The van der Waals surface area contributed by atoms with E-state index in [1.165, 1.54) is 0 Å². The minimum atomic E-state index is -0.512. The largest absolute Gasteiger partial charge is 0.391 e. The molecule has 1 fully saturated rings. The van der Waals surface area contributed by atoms with Crippen LogP contribution in [-0.4, -0.2) is 31.0 Å². The van der Waals surface area contributed by atoms with Gasteiger partial charge in [-0.15, -0.1) is 11.3 Å². The van der Waals surface area contributed by atoms with Crippen molar-refractivity contribution in [1.82, 2.24) is 0 Å². The summed E-state index contributed by atoms with van der Waals surface area (Å²) in [7, 11) is 0. The highest BCUT2D eigenvalue weighted by Crippen LogP contribution is 2.40.